The second-order valence-electron chi connectivity index (χ2n) is 7.61. The highest BCUT2D eigenvalue weighted by molar-refractivity contribution is 7.89. The molecule has 0 spiro atoms. The molecular weight excluding hydrogens is 432 g/mol. The minimum atomic E-state index is -3.64. The van der Waals surface area contributed by atoms with Gasteiger partial charge in [0.05, 0.1) is 30.3 Å². The van der Waals surface area contributed by atoms with E-state index in [0.29, 0.717) is 44.2 Å². The highest BCUT2D eigenvalue weighted by Gasteiger charge is 2.32. The molecule has 1 fully saturated rings. The molecule has 0 unspecified atom stereocenters. The van der Waals surface area contributed by atoms with Gasteiger partial charge in [0.2, 0.25) is 10.0 Å². The van der Waals surface area contributed by atoms with Crippen LogP contribution in [0, 0.1) is 0 Å². The van der Waals surface area contributed by atoms with E-state index in [1.54, 1.807) is 0 Å². The zero-order chi connectivity index (χ0) is 23.1. The van der Waals surface area contributed by atoms with Gasteiger partial charge in [-0.25, -0.2) is 8.42 Å². The maximum Gasteiger partial charge on any atom is 0.251 e. The maximum absolute atomic E-state index is 12.9. The van der Waals surface area contributed by atoms with Crippen LogP contribution in [0.4, 0.5) is 0 Å². The van der Waals surface area contributed by atoms with Crippen LogP contribution in [-0.4, -0.2) is 63.7 Å². The van der Waals surface area contributed by atoms with Crippen molar-refractivity contribution in [2.75, 3.05) is 32.8 Å². The molecule has 2 atom stereocenters. The van der Waals surface area contributed by atoms with Crippen molar-refractivity contribution < 1.29 is 27.4 Å². The van der Waals surface area contributed by atoms with Gasteiger partial charge in [-0.05, 0) is 69.3 Å². The molecule has 2 aromatic rings. The first-order chi connectivity index (χ1) is 15.3. The van der Waals surface area contributed by atoms with E-state index in [0.717, 1.165) is 5.75 Å². The number of benzene rings is 2. The summed E-state index contributed by atoms with van der Waals surface area (Å²) >= 11 is 0. The number of nitrogens with one attached hydrogen (secondary N) is 1. The summed E-state index contributed by atoms with van der Waals surface area (Å²) in [6.45, 7) is 7.47. The summed E-state index contributed by atoms with van der Waals surface area (Å²) < 4.78 is 43.8. The van der Waals surface area contributed by atoms with E-state index >= 15 is 0 Å². The summed E-state index contributed by atoms with van der Waals surface area (Å²) in [4.78, 5) is 12.5. The SMILES string of the molecule is CCOc1ccc(OCCNC(=O)c2ccc(S(=O)(=O)N3C[C@@H](C)O[C@@H](C)C3)cc2)cc1. The maximum atomic E-state index is 12.9. The van der Waals surface area contributed by atoms with Crippen molar-refractivity contribution in [3.05, 3.63) is 54.1 Å². The molecule has 1 saturated heterocycles. The smallest absolute Gasteiger partial charge is 0.251 e. The first-order valence-electron chi connectivity index (χ1n) is 10.7. The zero-order valence-electron chi connectivity index (χ0n) is 18.6. The average Bonchev–Trinajstić information content (AvgIpc) is 2.77. The van der Waals surface area contributed by atoms with Crippen molar-refractivity contribution in [3.8, 4) is 11.5 Å². The first-order valence-corrected chi connectivity index (χ1v) is 12.1. The number of rotatable bonds is 9. The Balaban J connectivity index is 1.50. The van der Waals surface area contributed by atoms with Crippen LogP contribution in [0.25, 0.3) is 0 Å². The normalized spacial score (nSPS) is 19.3. The Morgan fingerprint density at radius 3 is 2.12 bits per heavy atom. The Hall–Kier alpha value is -2.62. The largest absolute Gasteiger partial charge is 0.494 e. The van der Waals surface area contributed by atoms with Crippen LogP contribution < -0.4 is 14.8 Å². The standard InChI is InChI=1S/C23H30N2O6S/c1-4-29-20-7-9-21(10-8-20)30-14-13-24-23(26)19-5-11-22(12-6-19)32(27,28)25-15-17(2)31-18(3)16-25/h5-12,17-18H,4,13-16H2,1-3H3,(H,24,26)/t17-,18+. The lowest BCUT2D eigenvalue weighted by molar-refractivity contribution is -0.0440. The van der Waals surface area contributed by atoms with Gasteiger partial charge in [-0.15, -0.1) is 0 Å². The second-order valence-corrected chi connectivity index (χ2v) is 9.55. The summed E-state index contributed by atoms with van der Waals surface area (Å²) in [7, 11) is -3.64. The van der Waals surface area contributed by atoms with Crippen LogP contribution in [0.15, 0.2) is 53.4 Å². The average molecular weight is 463 g/mol. The Labute approximate surface area is 189 Å². The zero-order valence-corrected chi connectivity index (χ0v) is 19.4. The number of nitrogens with zero attached hydrogens (tertiary/aromatic N) is 1. The quantitative estimate of drug-likeness (QED) is 0.576. The lowest BCUT2D eigenvalue weighted by atomic mass is 10.2. The Bertz CT molecular complexity index is 982. The third kappa shape index (κ3) is 6.21. The van der Waals surface area contributed by atoms with Gasteiger partial charge in [-0.1, -0.05) is 0 Å². The fourth-order valence-electron chi connectivity index (χ4n) is 3.49. The Morgan fingerprint density at radius 1 is 1.00 bits per heavy atom. The molecule has 1 N–H and O–H groups in total. The van der Waals surface area contributed by atoms with Crippen molar-refractivity contribution in [1.82, 2.24) is 9.62 Å². The van der Waals surface area contributed by atoms with Crippen molar-refractivity contribution in [2.24, 2.45) is 0 Å². The molecule has 1 amide bonds. The third-order valence-electron chi connectivity index (χ3n) is 4.93. The molecule has 0 radical (unpaired) electrons. The molecule has 0 aliphatic carbocycles. The van der Waals surface area contributed by atoms with Crippen molar-refractivity contribution in [2.45, 2.75) is 37.9 Å². The Morgan fingerprint density at radius 2 is 1.56 bits per heavy atom. The minimum Gasteiger partial charge on any atom is -0.494 e. The summed E-state index contributed by atoms with van der Waals surface area (Å²) in [5.41, 5.74) is 0.383. The lowest BCUT2D eigenvalue weighted by Gasteiger charge is -2.34. The van der Waals surface area contributed by atoms with Crippen molar-refractivity contribution in [1.29, 1.82) is 0 Å². The van der Waals surface area contributed by atoms with Gasteiger partial charge in [-0.2, -0.15) is 4.31 Å². The predicted molar refractivity (Wildman–Crippen MR) is 121 cm³/mol. The van der Waals surface area contributed by atoms with Crippen LogP contribution in [0.2, 0.25) is 0 Å². The van der Waals surface area contributed by atoms with Gasteiger partial charge >= 0.3 is 0 Å². The summed E-state index contributed by atoms with van der Waals surface area (Å²) in [5, 5.41) is 2.77. The molecular formula is C23H30N2O6S. The molecule has 32 heavy (non-hydrogen) atoms. The highest BCUT2D eigenvalue weighted by atomic mass is 32.2. The summed E-state index contributed by atoms with van der Waals surface area (Å²) in [5.74, 6) is 1.16. The molecule has 3 rings (SSSR count). The molecule has 1 aliphatic rings. The third-order valence-corrected chi connectivity index (χ3v) is 6.78. The number of ether oxygens (including phenoxy) is 3. The number of morpholine rings is 1. The summed E-state index contributed by atoms with van der Waals surface area (Å²) in [6.07, 6.45) is -0.327. The van der Waals surface area contributed by atoms with Crippen LogP contribution in [0.3, 0.4) is 0 Å². The molecule has 0 aromatic heterocycles. The van der Waals surface area contributed by atoms with E-state index in [2.05, 4.69) is 5.32 Å². The van der Waals surface area contributed by atoms with E-state index in [-0.39, 0.29) is 23.0 Å². The van der Waals surface area contributed by atoms with Crippen molar-refractivity contribution >= 4 is 15.9 Å². The number of sulfonamides is 1. The van der Waals surface area contributed by atoms with E-state index in [9.17, 15) is 13.2 Å². The monoisotopic (exact) mass is 462 g/mol. The molecule has 1 heterocycles. The number of hydrogen-bond donors (Lipinski definition) is 1. The molecule has 174 valence electrons. The van der Waals surface area contributed by atoms with Crippen LogP contribution in [0.1, 0.15) is 31.1 Å². The van der Waals surface area contributed by atoms with Gasteiger partial charge in [-0.3, -0.25) is 4.79 Å². The van der Waals surface area contributed by atoms with E-state index in [1.165, 1.54) is 28.6 Å². The number of hydrogen-bond acceptors (Lipinski definition) is 6. The minimum absolute atomic E-state index is 0.161. The predicted octanol–water partition coefficient (Wildman–Crippen LogP) is 2.69. The second kappa shape index (κ2) is 10.8. The number of amides is 1. The fourth-order valence-corrected chi connectivity index (χ4v) is 5.08. The van der Waals surface area contributed by atoms with Gasteiger partial charge < -0.3 is 19.5 Å². The van der Waals surface area contributed by atoms with Crippen LogP contribution in [-0.2, 0) is 14.8 Å². The molecule has 9 heteroatoms. The summed E-state index contributed by atoms with van der Waals surface area (Å²) in [6, 6.07) is 13.2. The Kier molecular flexibility index (Phi) is 8.11. The van der Waals surface area contributed by atoms with E-state index in [1.807, 2.05) is 45.0 Å². The van der Waals surface area contributed by atoms with Gasteiger partial charge in [0.25, 0.3) is 5.91 Å². The van der Waals surface area contributed by atoms with Crippen molar-refractivity contribution in [3.63, 3.8) is 0 Å². The molecule has 1 aliphatic heterocycles. The number of carbonyl (C=O) groups excluding carboxylic acids is 1. The van der Waals surface area contributed by atoms with Gasteiger partial charge in [0.1, 0.15) is 18.1 Å². The molecule has 0 saturated carbocycles. The first kappa shape index (κ1) is 24.0. The van der Waals surface area contributed by atoms with Gasteiger partial charge in [0.15, 0.2) is 0 Å². The van der Waals surface area contributed by atoms with Gasteiger partial charge in [0, 0.05) is 18.7 Å². The van der Waals surface area contributed by atoms with E-state index in [4.69, 9.17) is 14.2 Å². The topological polar surface area (TPSA) is 94.2 Å². The van der Waals surface area contributed by atoms with E-state index < -0.39 is 10.0 Å². The fraction of sp³-hybridized carbons (Fsp3) is 0.435. The lowest BCUT2D eigenvalue weighted by Crippen LogP contribution is -2.48. The molecule has 2 aromatic carbocycles. The molecule has 8 nitrogen and oxygen atoms in total. The number of carbonyl (C=O) groups is 1. The van der Waals surface area contributed by atoms with Crippen LogP contribution in [0.5, 0.6) is 11.5 Å². The van der Waals surface area contributed by atoms with Crippen LogP contribution >= 0.6 is 0 Å². The highest BCUT2D eigenvalue weighted by Crippen LogP contribution is 2.21. The molecule has 0 bridgehead atoms.